The van der Waals surface area contributed by atoms with Crippen LogP contribution in [-0.4, -0.2) is 10.9 Å². The number of aryl methyl sites for hydroxylation is 1. The van der Waals surface area contributed by atoms with Crippen LogP contribution in [0.15, 0.2) is 60.8 Å². The summed E-state index contributed by atoms with van der Waals surface area (Å²) in [5, 5.41) is 4.05. The average molecular weight is 276 g/mol. The number of anilines is 1. The maximum atomic E-state index is 12.4. The molecule has 0 aliphatic rings. The summed E-state index contributed by atoms with van der Waals surface area (Å²) in [5.41, 5.74) is 3.38. The van der Waals surface area contributed by atoms with Gasteiger partial charge >= 0.3 is 0 Å². The first-order valence-corrected chi connectivity index (χ1v) is 7.02. The van der Waals surface area contributed by atoms with E-state index in [1.165, 1.54) is 0 Å². The average Bonchev–Trinajstić information content (AvgIpc) is 2.56. The van der Waals surface area contributed by atoms with Crippen LogP contribution >= 0.6 is 0 Å². The molecule has 1 N–H and O–H groups in total. The molecule has 0 saturated carbocycles. The van der Waals surface area contributed by atoms with Crippen LogP contribution in [0, 0.1) is 0 Å². The van der Waals surface area contributed by atoms with E-state index < -0.39 is 0 Å². The molecule has 3 heteroatoms. The van der Waals surface area contributed by atoms with Gasteiger partial charge in [-0.15, -0.1) is 0 Å². The van der Waals surface area contributed by atoms with Gasteiger partial charge in [0.25, 0.3) is 5.91 Å². The van der Waals surface area contributed by atoms with Crippen molar-refractivity contribution in [2.45, 2.75) is 13.3 Å². The predicted octanol–water partition coefficient (Wildman–Crippen LogP) is 4.05. The summed E-state index contributed by atoms with van der Waals surface area (Å²) < 4.78 is 0. The summed E-state index contributed by atoms with van der Waals surface area (Å²) in [7, 11) is 0. The van der Waals surface area contributed by atoms with Crippen molar-refractivity contribution in [3.05, 3.63) is 71.9 Å². The molecule has 0 radical (unpaired) electrons. The highest BCUT2D eigenvalue weighted by atomic mass is 16.1. The molecule has 3 nitrogen and oxygen atoms in total. The summed E-state index contributed by atoms with van der Waals surface area (Å²) in [6.45, 7) is 2.07. The molecule has 3 aromatic rings. The summed E-state index contributed by atoms with van der Waals surface area (Å²) in [5.74, 6) is -0.108. The van der Waals surface area contributed by atoms with Crippen molar-refractivity contribution < 1.29 is 4.79 Å². The van der Waals surface area contributed by atoms with Crippen LogP contribution in [0.1, 0.15) is 22.8 Å². The molecular formula is C18H16N2O. The monoisotopic (exact) mass is 276 g/mol. The fraction of sp³-hybridized carbons (Fsp3) is 0.111. The number of carbonyl (C=O) groups excluding carboxylic acids is 1. The highest BCUT2D eigenvalue weighted by molar-refractivity contribution is 6.09. The lowest BCUT2D eigenvalue weighted by Crippen LogP contribution is -2.13. The number of rotatable bonds is 3. The number of nitrogens with one attached hydrogen (secondary N) is 1. The zero-order valence-corrected chi connectivity index (χ0v) is 11.8. The molecule has 0 spiro atoms. The van der Waals surface area contributed by atoms with Crippen molar-refractivity contribution in [1.82, 2.24) is 4.98 Å². The molecular weight excluding hydrogens is 260 g/mol. The quantitative estimate of drug-likeness (QED) is 0.784. The molecule has 0 fully saturated rings. The predicted molar refractivity (Wildman–Crippen MR) is 85.5 cm³/mol. The Bertz CT molecular complexity index is 782. The highest BCUT2D eigenvalue weighted by Crippen LogP contribution is 2.26. The van der Waals surface area contributed by atoms with Gasteiger partial charge in [0.1, 0.15) is 0 Å². The Morgan fingerprint density at radius 3 is 2.62 bits per heavy atom. The number of benzene rings is 2. The second-order valence-electron chi connectivity index (χ2n) is 4.85. The Hall–Kier alpha value is -2.68. The highest BCUT2D eigenvalue weighted by Gasteiger charge is 2.12. The first-order valence-electron chi connectivity index (χ1n) is 7.02. The van der Waals surface area contributed by atoms with Crippen molar-refractivity contribution in [2.24, 2.45) is 0 Å². The van der Waals surface area contributed by atoms with Crippen LogP contribution in [-0.2, 0) is 6.42 Å². The van der Waals surface area contributed by atoms with Gasteiger partial charge in [0, 0.05) is 17.1 Å². The lowest BCUT2D eigenvalue weighted by molar-refractivity contribution is 0.102. The summed E-state index contributed by atoms with van der Waals surface area (Å²) in [6.07, 6.45) is 2.59. The minimum absolute atomic E-state index is 0.108. The van der Waals surface area contributed by atoms with E-state index in [1.807, 2.05) is 42.5 Å². The van der Waals surface area contributed by atoms with E-state index in [0.29, 0.717) is 5.56 Å². The summed E-state index contributed by atoms with van der Waals surface area (Å²) >= 11 is 0. The van der Waals surface area contributed by atoms with E-state index in [9.17, 15) is 4.79 Å². The Kier molecular flexibility index (Phi) is 3.65. The van der Waals surface area contributed by atoms with Crippen LogP contribution in [0.5, 0.6) is 0 Å². The smallest absolute Gasteiger partial charge is 0.255 e. The van der Waals surface area contributed by atoms with E-state index in [0.717, 1.165) is 28.6 Å². The number of pyridine rings is 1. The van der Waals surface area contributed by atoms with Crippen LogP contribution in [0.4, 0.5) is 5.69 Å². The molecule has 0 saturated heterocycles. The van der Waals surface area contributed by atoms with Crippen LogP contribution in [0.3, 0.4) is 0 Å². The molecule has 2 aromatic carbocycles. The maximum absolute atomic E-state index is 12.4. The van der Waals surface area contributed by atoms with E-state index in [1.54, 1.807) is 18.3 Å². The Morgan fingerprint density at radius 1 is 1.05 bits per heavy atom. The molecule has 3 rings (SSSR count). The third-order valence-corrected chi connectivity index (χ3v) is 3.52. The summed E-state index contributed by atoms with van der Waals surface area (Å²) in [6, 6.07) is 17.2. The number of fused-ring (bicyclic) bond motifs is 1. The Labute approximate surface area is 123 Å². The minimum Gasteiger partial charge on any atom is -0.320 e. The molecule has 104 valence electrons. The Balaban J connectivity index is 2.05. The largest absolute Gasteiger partial charge is 0.320 e. The van der Waals surface area contributed by atoms with Gasteiger partial charge in [-0.05, 0) is 30.2 Å². The minimum atomic E-state index is -0.108. The standard InChI is InChI=1S/C18H16N2O/c1-2-13-10-11-14-9-6-12-19-16(14)17(13)20-18(21)15-7-4-3-5-8-15/h3-12H,2H2,1H3,(H,20,21). The van der Waals surface area contributed by atoms with Gasteiger partial charge in [0.05, 0.1) is 11.2 Å². The second-order valence-corrected chi connectivity index (χ2v) is 4.85. The molecule has 1 aromatic heterocycles. The molecule has 0 aliphatic carbocycles. The molecule has 1 amide bonds. The fourth-order valence-corrected chi connectivity index (χ4v) is 2.40. The van der Waals surface area contributed by atoms with Gasteiger partial charge in [-0.2, -0.15) is 0 Å². The van der Waals surface area contributed by atoms with Crippen LogP contribution in [0.2, 0.25) is 0 Å². The van der Waals surface area contributed by atoms with E-state index >= 15 is 0 Å². The fourth-order valence-electron chi connectivity index (χ4n) is 2.40. The topological polar surface area (TPSA) is 42.0 Å². The normalized spacial score (nSPS) is 10.5. The molecule has 0 aliphatic heterocycles. The van der Waals surface area contributed by atoms with Gasteiger partial charge in [0.15, 0.2) is 0 Å². The van der Waals surface area contributed by atoms with Crippen molar-refractivity contribution in [3.63, 3.8) is 0 Å². The first kappa shape index (κ1) is 13.3. The van der Waals surface area contributed by atoms with Crippen molar-refractivity contribution >= 4 is 22.5 Å². The number of aromatic nitrogens is 1. The number of carbonyl (C=O) groups is 1. The molecule has 21 heavy (non-hydrogen) atoms. The van der Waals surface area contributed by atoms with Crippen molar-refractivity contribution in [3.8, 4) is 0 Å². The molecule has 1 heterocycles. The zero-order chi connectivity index (χ0) is 14.7. The van der Waals surface area contributed by atoms with E-state index in [4.69, 9.17) is 0 Å². The molecule has 0 atom stereocenters. The lowest BCUT2D eigenvalue weighted by Gasteiger charge is -2.12. The van der Waals surface area contributed by atoms with Gasteiger partial charge in [-0.25, -0.2) is 0 Å². The lowest BCUT2D eigenvalue weighted by atomic mass is 10.1. The number of hydrogen-bond donors (Lipinski definition) is 1. The third-order valence-electron chi connectivity index (χ3n) is 3.52. The van der Waals surface area contributed by atoms with E-state index in [2.05, 4.69) is 17.2 Å². The Morgan fingerprint density at radius 2 is 1.86 bits per heavy atom. The van der Waals surface area contributed by atoms with Crippen molar-refractivity contribution in [1.29, 1.82) is 0 Å². The number of amides is 1. The molecule has 0 unspecified atom stereocenters. The number of nitrogens with zero attached hydrogens (tertiary/aromatic N) is 1. The zero-order valence-electron chi connectivity index (χ0n) is 11.8. The van der Waals surface area contributed by atoms with Crippen LogP contribution < -0.4 is 5.32 Å². The molecule has 0 bridgehead atoms. The van der Waals surface area contributed by atoms with Gasteiger partial charge in [0.2, 0.25) is 0 Å². The first-order chi connectivity index (χ1) is 10.3. The van der Waals surface area contributed by atoms with Gasteiger partial charge < -0.3 is 5.32 Å². The second kappa shape index (κ2) is 5.75. The summed E-state index contributed by atoms with van der Waals surface area (Å²) in [4.78, 5) is 16.8. The number of hydrogen-bond acceptors (Lipinski definition) is 2. The van der Waals surface area contributed by atoms with Gasteiger partial charge in [-0.3, -0.25) is 9.78 Å². The van der Waals surface area contributed by atoms with Gasteiger partial charge in [-0.1, -0.05) is 43.3 Å². The van der Waals surface area contributed by atoms with E-state index in [-0.39, 0.29) is 5.91 Å². The van der Waals surface area contributed by atoms with Crippen molar-refractivity contribution in [2.75, 3.05) is 5.32 Å². The van der Waals surface area contributed by atoms with Crippen LogP contribution in [0.25, 0.3) is 10.9 Å². The maximum Gasteiger partial charge on any atom is 0.255 e. The SMILES string of the molecule is CCc1ccc2cccnc2c1NC(=O)c1ccccc1. The third kappa shape index (κ3) is 2.63.